The number of aliphatic carboxylic acids is 1. The molecule has 7 heteroatoms. The summed E-state index contributed by atoms with van der Waals surface area (Å²) in [4.78, 5) is 34.5. The molecule has 0 spiro atoms. The standard InChI is InChI=1S/C14H20N2O5/c1-8(2)10(7-12(17)18)16-13(19)9(3)15-14(20)11-5-4-6-21-11/h4-6,8-10H,7H2,1-3H3,(H,15,20)(H,16,19)(H,17,18). The minimum atomic E-state index is -0.985. The van der Waals surface area contributed by atoms with Gasteiger partial charge in [-0.05, 0) is 25.0 Å². The highest BCUT2D eigenvalue weighted by Crippen LogP contribution is 2.07. The highest BCUT2D eigenvalue weighted by Gasteiger charge is 2.23. The molecule has 0 bridgehead atoms. The van der Waals surface area contributed by atoms with E-state index in [0.717, 1.165) is 0 Å². The number of amides is 2. The van der Waals surface area contributed by atoms with Crippen LogP contribution in [0.3, 0.4) is 0 Å². The Morgan fingerprint density at radius 3 is 2.38 bits per heavy atom. The molecule has 1 aromatic heterocycles. The molecule has 0 aromatic carbocycles. The van der Waals surface area contributed by atoms with E-state index in [1.807, 2.05) is 13.8 Å². The number of carbonyl (C=O) groups is 3. The highest BCUT2D eigenvalue weighted by atomic mass is 16.4. The summed E-state index contributed by atoms with van der Waals surface area (Å²) in [5.74, 6) is -1.84. The summed E-state index contributed by atoms with van der Waals surface area (Å²) >= 11 is 0. The van der Waals surface area contributed by atoms with Crippen molar-refractivity contribution in [1.29, 1.82) is 0 Å². The molecule has 2 atom stereocenters. The number of nitrogens with one attached hydrogen (secondary N) is 2. The van der Waals surface area contributed by atoms with Crippen molar-refractivity contribution in [1.82, 2.24) is 10.6 Å². The van der Waals surface area contributed by atoms with Gasteiger partial charge in [0.15, 0.2) is 5.76 Å². The van der Waals surface area contributed by atoms with E-state index in [9.17, 15) is 14.4 Å². The monoisotopic (exact) mass is 296 g/mol. The summed E-state index contributed by atoms with van der Waals surface area (Å²) < 4.78 is 4.93. The Kier molecular flexibility index (Phi) is 5.95. The SMILES string of the molecule is CC(NC(=O)c1ccco1)C(=O)NC(CC(=O)O)C(C)C. The molecule has 0 aliphatic carbocycles. The maximum atomic E-state index is 12.0. The molecule has 0 aliphatic heterocycles. The van der Waals surface area contributed by atoms with Gasteiger partial charge in [0, 0.05) is 6.04 Å². The van der Waals surface area contributed by atoms with E-state index in [4.69, 9.17) is 9.52 Å². The maximum absolute atomic E-state index is 12.0. The molecule has 1 rings (SSSR count). The van der Waals surface area contributed by atoms with Crippen LogP contribution in [0.1, 0.15) is 37.7 Å². The van der Waals surface area contributed by atoms with E-state index in [2.05, 4.69) is 10.6 Å². The Labute approximate surface area is 122 Å². The first kappa shape index (κ1) is 16.7. The molecule has 0 saturated carbocycles. The Morgan fingerprint density at radius 1 is 1.24 bits per heavy atom. The Balaban J connectivity index is 2.56. The lowest BCUT2D eigenvalue weighted by Gasteiger charge is -2.23. The molecule has 0 saturated heterocycles. The van der Waals surface area contributed by atoms with Crippen LogP contribution in [-0.2, 0) is 9.59 Å². The van der Waals surface area contributed by atoms with Gasteiger partial charge in [-0.25, -0.2) is 0 Å². The lowest BCUT2D eigenvalue weighted by atomic mass is 10.0. The Bertz CT molecular complexity index is 495. The summed E-state index contributed by atoms with van der Waals surface area (Å²) in [7, 11) is 0. The fraction of sp³-hybridized carbons (Fsp3) is 0.500. The molecule has 21 heavy (non-hydrogen) atoms. The van der Waals surface area contributed by atoms with Crippen LogP contribution in [0.4, 0.5) is 0 Å². The minimum Gasteiger partial charge on any atom is -0.481 e. The highest BCUT2D eigenvalue weighted by molar-refractivity contribution is 5.95. The van der Waals surface area contributed by atoms with E-state index in [-0.39, 0.29) is 18.1 Å². The minimum absolute atomic E-state index is 0.0296. The molecule has 2 amide bonds. The quantitative estimate of drug-likeness (QED) is 0.696. The number of carboxylic acids is 1. The maximum Gasteiger partial charge on any atom is 0.305 e. The number of hydrogen-bond donors (Lipinski definition) is 3. The van der Waals surface area contributed by atoms with Gasteiger partial charge in [0.25, 0.3) is 5.91 Å². The Morgan fingerprint density at radius 2 is 1.90 bits per heavy atom. The van der Waals surface area contributed by atoms with E-state index in [1.54, 1.807) is 6.07 Å². The first-order valence-electron chi connectivity index (χ1n) is 6.67. The van der Waals surface area contributed by atoms with Gasteiger partial charge in [0.2, 0.25) is 5.91 Å². The lowest BCUT2D eigenvalue weighted by Crippen LogP contribution is -2.49. The van der Waals surface area contributed by atoms with Gasteiger partial charge >= 0.3 is 5.97 Å². The van der Waals surface area contributed by atoms with Gasteiger partial charge in [-0.2, -0.15) is 0 Å². The first-order valence-corrected chi connectivity index (χ1v) is 6.67. The summed E-state index contributed by atoms with van der Waals surface area (Å²) in [6, 6.07) is 1.78. The third-order valence-electron chi connectivity index (χ3n) is 3.01. The van der Waals surface area contributed by atoms with Gasteiger partial charge < -0.3 is 20.2 Å². The van der Waals surface area contributed by atoms with E-state index < -0.39 is 29.9 Å². The molecule has 1 aromatic rings. The topological polar surface area (TPSA) is 109 Å². The molecule has 0 aliphatic rings. The molecule has 1 heterocycles. The lowest BCUT2D eigenvalue weighted by molar-refractivity contribution is -0.138. The number of carbonyl (C=O) groups excluding carboxylic acids is 2. The van der Waals surface area contributed by atoms with Gasteiger partial charge in [-0.1, -0.05) is 13.8 Å². The van der Waals surface area contributed by atoms with Crippen molar-refractivity contribution in [3.8, 4) is 0 Å². The predicted octanol–water partition coefficient (Wildman–Crippen LogP) is 1.01. The number of carboxylic acid groups (broad SMARTS) is 1. The summed E-state index contributed by atoms with van der Waals surface area (Å²) in [6.07, 6.45) is 1.20. The van der Waals surface area contributed by atoms with Crippen LogP contribution in [0.15, 0.2) is 22.8 Å². The molecule has 2 unspecified atom stereocenters. The fourth-order valence-corrected chi connectivity index (χ4v) is 1.69. The van der Waals surface area contributed by atoms with Crippen LogP contribution in [0.25, 0.3) is 0 Å². The van der Waals surface area contributed by atoms with Gasteiger partial charge in [-0.15, -0.1) is 0 Å². The molecular formula is C14H20N2O5. The van der Waals surface area contributed by atoms with E-state index in [0.29, 0.717) is 0 Å². The van der Waals surface area contributed by atoms with Crippen LogP contribution >= 0.6 is 0 Å². The first-order chi connectivity index (χ1) is 9.81. The fourth-order valence-electron chi connectivity index (χ4n) is 1.69. The third kappa shape index (κ3) is 5.29. The average molecular weight is 296 g/mol. The second-order valence-corrected chi connectivity index (χ2v) is 5.13. The van der Waals surface area contributed by atoms with Crippen LogP contribution in [0, 0.1) is 5.92 Å². The normalized spacial score (nSPS) is 13.5. The molecule has 116 valence electrons. The van der Waals surface area contributed by atoms with Crippen LogP contribution in [0.5, 0.6) is 0 Å². The second-order valence-electron chi connectivity index (χ2n) is 5.13. The average Bonchev–Trinajstić information content (AvgIpc) is 2.90. The smallest absolute Gasteiger partial charge is 0.305 e. The number of hydrogen-bond acceptors (Lipinski definition) is 4. The van der Waals surface area contributed by atoms with Crippen molar-refractivity contribution < 1.29 is 23.9 Å². The number of furan rings is 1. The van der Waals surface area contributed by atoms with Crippen LogP contribution < -0.4 is 10.6 Å². The van der Waals surface area contributed by atoms with E-state index >= 15 is 0 Å². The molecular weight excluding hydrogens is 276 g/mol. The van der Waals surface area contributed by atoms with Gasteiger partial charge in [0.05, 0.1) is 12.7 Å². The zero-order valence-corrected chi connectivity index (χ0v) is 12.3. The number of rotatable bonds is 7. The van der Waals surface area contributed by atoms with Crippen molar-refractivity contribution in [2.45, 2.75) is 39.3 Å². The van der Waals surface area contributed by atoms with Crippen LogP contribution in [-0.4, -0.2) is 35.0 Å². The van der Waals surface area contributed by atoms with E-state index in [1.165, 1.54) is 19.3 Å². The van der Waals surface area contributed by atoms with Crippen LogP contribution in [0.2, 0.25) is 0 Å². The Hall–Kier alpha value is -2.31. The summed E-state index contributed by atoms with van der Waals surface area (Å²) in [6.45, 7) is 5.16. The second kappa shape index (κ2) is 7.47. The van der Waals surface area contributed by atoms with Gasteiger partial charge in [0.1, 0.15) is 6.04 Å². The largest absolute Gasteiger partial charge is 0.481 e. The third-order valence-corrected chi connectivity index (χ3v) is 3.01. The van der Waals surface area contributed by atoms with Crippen molar-refractivity contribution in [2.75, 3.05) is 0 Å². The van der Waals surface area contributed by atoms with Gasteiger partial charge in [-0.3, -0.25) is 14.4 Å². The van der Waals surface area contributed by atoms with Crippen molar-refractivity contribution in [2.24, 2.45) is 5.92 Å². The zero-order valence-electron chi connectivity index (χ0n) is 12.3. The molecule has 7 nitrogen and oxygen atoms in total. The molecule has 3 N–H and O–H groups in total. The predicted molar refractivity (Wildman–Crippen MR) is 74.7 cm³/mol. The molecule has 0 fully saturated rings. The van der Waals surface area contributed by atoms with Crippen molar-refractivity contribution in [3.05, 3.63) is 24.2 Å². The summed E-state index contributed by atoms with van der Waals surface area (Å²) in [5, 5.41) is 13.9. The summed E-state index contributed by atoms with van der Waals surface area (Å²) in [5.41, 5.74) is 0. The zero-order chi connectivity index (χ0) is 16.0. The van der Waals surface area contributed by atoms with Crippen molar-refractivity contribution >= 4 is 17.8 Å². The molecule has 0 radical (unpaired) electrons. The van der Waals surface area contributed by atoms with Crippen molar-refractivity contribution in [3.63, 3.8) is 0 Å².